The van der Waals surface area contributed by atoms with Crippen LogP contribution in [0, 0.1) is 6.08 Å². The lowest BCUT2D eigenvalue weighted by molar-refractivity contribution is 0.283. The molecule has 0 radical (unpaired) electrons. The summed E-state index contributed by atoms with van der Waals surface area (Å²) in [7, 11) is 0. The Morgan fingerprint density at radius 1 is 1.11 bits per heavy atom. The van der Waals surface area contributed by atoms with Gasteiger partial charge in [-0.2, -0.15) is 4.39 Å². The number of imidazole rings is 1. The number of hydrogen-bond acceptors (Lipinski definition) is 1. The van der Waals surface area contributed by atoms with E-state index in [0.29, 0.717) is 12.0 Å². The first-order chi connectivity index (χ1) is 8.84. The highest BCUT2D eigenvalue weighted by molar-refractivity contribution is 5.80. The van der Waals surface area contributed by atoms with E-state index >= 15 is 0 Å². The lowest BCUT2D eigenvalue weighted by Crippen LogP contribution is -2.20. The minimum Gasteiger partial charge on any atom is -0.297 e. The molecule has 1 heterocycles. The number of fused-ring (bicyclic) bond motifs is 1. The SMILES string of the molecule is Fc1nc2cccc(C3CCC3)c2n1C1CCC1. The van der Waals surface area contributed by atoms with Crippen molar-refractivity contribution in [2.45, 2.75) is 50.5 Å². The zero-order chi connectivity index (χ0) is 12.1. The number of para-hydroxylation sites is 1. The van der Waals surface area contributed by atoms with Gasteiger partial charge in [-0.25, -0.2) is 4.98 Å². The first-order valence-electron chi connectivity index (χ1n) is 7.01. The van der Waals surface area contributed by atoms with Crippen LogP contribution in [0.25, 0.3) is 11.0 Å². The summed E-state index contributed by atoms with van der Waals surface area (Å²) in [5.74, 6) is 0.628. The minimum atomic E-state index is -0.290. The number of nitrogens with zero attached hydrogens (tertiary/aromatic N) is 2. The minimum absolute atomic E-state index is 0.290. The van der Waals surface area contributed by atoms with Gasteiger partial charge in [0.05, 0.1) is 11.0 Å². The van der Waals surface area contributed by atoms with Gasteiger partial charge in [-0.1, -0.05) is 18.6 Å². The van der Waals surface area contributed by atoms with E-state index in [2.05, 4.69) is 11.1 Å². The highest BCUT2D eigenvalue weighted by atomic mass is 19.1. The second kappa shape index (κ2) is 3.81. The van der Waals surface area contributed by atoms with Gasteiger partial charge < -0.3 is 0 Å². The van der Waals surface area contributed by atoms with Crippen molar-refractivity contribution < 1.29 is 4.39 Å². The topological polar surface area (TPSA) is 17.8 Å². The van der Waals surface area contributed by atoms with E-state index < -0.39 is 0 Å². The Morgan fingerprint density at radius 3 is 2.50 bits per heavy atom. The van der Waals surface area contributed by atoms with Crippen molar-refractivity contribution in [1.29, 1.82) is 0 Å². The molecule has 4 rings (SSSR count). The predicted octanol–water partition coefficient (Wildman–Crippen LogP) is 4.17. The van der Waals surface area contributed by atoms with Crippen LogP contribution in [0.2, 0.25) is 0 Å². The molecule has 0 N–H and O–H groups in total. The Labute approximate surface area is 106 Å². The zero-order valence-electron chi connectivity index (χ0n) is 10.4. The Balaban J connectivity index is 1.94. The second-order valence-electron chi connectivity index (χ2n) is 5.68. The van der Waals surface area contributed by atoms with Gasteiger partial charge in [0, 0.05) is 6.04 Å². The lowest BCUT2D eigenvalue weighted by atomic mass is 9.79. The van der Waals surface area contributed by atoms with Crippen LogP contribution in [0.15, 0.2) is 18.2 Å². The number of benzene rings is 1. The Hall–Kier alpha value is -1.38. The van der Waals surface area contributed by atoms with Gasteiger partial charge >= 0.3 is 0 Å². The summed E-state index contributed by atoms with van der Waals surface area (Å²) < 4.78 is 16.0. The predicted molar refractivity (Wildman–Crippen MR) is 69.2 cm³/mol. The van der Waals surface area contributed by atoms with Gasteiger partial charge in [-0.3, -0.25) is 4.57 Å². The van der Waals surface area contributed by atoms with Gasteiger partial charge in [0.15, 0.2) is 0 Å². The molecular formula is C15H17FN2. The molecule has 2 aliphatic rings. The van der Waals surface area contributed by atoms with Crippen molar-refractivity contribution in [3.63, 3.8) is 0 Å². The summed E-state index contributed by atoms with van der Waals surface area (Å²) in [4.78, 5) is 4.11. The van der Waals surface area contributed by atoms with Crippen LogP contribution in [-0.4, -0.2) is 9.55 Å². The molecule has 2 fully saturated rings. The average molecular weight is 244 g/mol. The van der Waals surface area contributed by atoms with Crippen molar-refractivity contribution in [3.05, 3.63) is 29.8 Å². The second-order valence-corrected chi connectivity index (χ2v) is 5.68. The summed E-state index contributed by atoms with van der Waals surface area (Å²) in [5, 5.41) is 0. The standard InChI is InChI=1S/C15H17FN2/c16-15-17-13-9-3-8-12(10-4-1-5-10)14(13)18(15)11-6-2-7-11/h3,8-11H,1-2,4-7H2. The molecule has 3 heteroatoms. The molecule has 0 unspecified atom stereocenters. The van der Waals surface area contributed by atoms with Crippen molar-refractivity contribution in [2.75, 3.05) is 0 Å². The maximum Gasteiger partial charge on any atom is 0.290 e. The highest BCUT2D eigenvalue weighted by Crippen LogP contribution is 2.42. The summed E-state index contributed by atoms with van der Waals surface area (Å²) in [6.07, 6.45) is 6.92. The number of aromatic nitrogens is 2. The molecule has 0 bridgehead atoms. The molecule has 1 aromatic carbocycles. The van der Waals surface area contributed by atoms with E-state index in [4.69, 9.17) is 0 Å². The quantitative estimate of drug-likeness (QED) is 0.775. The maximum atomic E-state index is 14.1. The van der Waals surface area contributed by atoms with E-state index in [-0.39, 0.29) is 6.08 Å². The molecule has 2 saturated carbocycles. The molecule has 18 heavy (non-hydrogen) atoms. The molecule has 0 aliphatic heterocycles. The molecule has 94 valence electrons. The van der Waals surface area contributed by atoms with E-state index in [0.717, 1.165) is 23.9 Å². The van der Waals surface area contributed by atoms with E-state index in [1.54, 1.807) is 0 Å². The Kier molecular flexibility index (Phi) is 2.23. The van der Waals surface area contributed by atoms with Gasteiger partial charge in [0.2, 0.25) is 0 Å². The average Bonchev–Trinajstić information content (AvgIpc) is 2.52. The lowest BCUT2D eigenvalue weighted by Gasteiger charge is -2.31. The molecule has 0 amide bonds. The Bertz CT molecular complexity index is 594. The smallest absolute Gasteiger partial charge is 0.290 e. The molecule has 0 saturated heterocycles. The zero-order valence-corrected chi connectivity index (χ0v) is 10.4. The molecular weight excluding hydrogens is 227 g/mol. The van der Waals surface area contributed by atoms with Crippen molar-refractivity contribution >= 4 is 11.0 Å². The number of hydrogen-bond donors (Lipinski definition) is 0. The third-order valence-corrected chi connectivity index (χ3v) is 4.68. The third kappa shape index (κ3) is 1.36. The first kappa shape index (κ1) is 10.5. The fourth-order valence-corrected chi connectivity index (χ4v) is 3.17. The van der Waals surface area contributed by atoms with Gasteiger partial charge in [-0.15, -0.1) is 0 Å². The van der Waals surface area contributed by atoms with Crippen molar-refractivity contribution in [2.24, 2.45) is 0 Å². The van der Waals surface area contributed by atoms with Crippen LogP contribution in [-0.2, 0) is 0 Å². The molecule has 2 aromatic rings. The van der Waals surface area contributed by atoms with E-state index in [9.17, 15) is 4.39 Å². The van der Waals surface area contributed by atoms with Crippen molar-refractivity contribution in [1.82, 2.24) is 9.55 Å². The molecule has 2 nitrogen and oxygen atoms in total. The number of rotatable bonds is 2. The summed E-state index contributed by atoms with van der Waals surface area (Å²) in [6.45, 7) is 0. The molecule has 1 aromatic heterocycles. The van der Waals surface area contributed by atoms with Crippen LogP contribution in [0.1, 0.15) is 56.0 Å². The van der Waals surface area contributed by atoms with Gasteiger partial charge in [0.25, 0.3) is 6.08 Å². The van der Waals surface area contributed by atoms with Crippen molar-refractivity contribution in [3.8, 4) is 0 Å². The summed E-state index contributed by atoms with van der Waals surface area (Å²) in [5.41, 5.74) is 3.23. The molecule has 0 spiro atoms. The fraction of sp³-hybridized carbons (Fsp3) is 0.533. The van der Waals surface area contributed by atoms with Crippen LogP contribution < -0.4 is 0 Å². The fourth-order valence-electron chi connectivity index (χ4n) is 3.17. The summed E-state index contributed by atoms with van der Waals surface area (Å²) >= 11 is 0. The maximum absolute atomic E-state index is 14.1. The molecule has 0 atom stereocenters. The monoisotopic (exact) mass is 244 g/mol. The normalized spacial score (nSPS) is 20.9. The van der Waals surface area contributed by atoms with Gasteiger partial charge in [0.1, 0.15) is 0 Å². The van der Waals surface area contributed by atoms with E-state index in [1.807, 2.05) is 16.7 Å². The van der Waals surface area contributed by atoms with Crippen LogP contribution >= 0.6 is 0 Å². The number of halogens is 1. The van der Waals surface area contributed by atoms with E-state index in [1.165, 1.54) is 31.2 Å². The van der Waals surface area contributed by atoms with Crippen LogP contribution in [0.4, 0.5) is 4.39 Å². The Morgan fingerprint density at radius 2 is 1.89 bits per heavy atom. The highest BCUT2D eigenvalue weighted by Gasteiger charge is 2.29. The first-order valence-corrected chi connectivity index (χ1v) is 7.01. The largest absolute Gasteiger partial charge is 0.297 e. The van der Waals surface area contributed by atoms with Gasteiger partial charge in [-0.05, 0) is 49.7 Å². The third-order valence-electron chi connectivity index (χ3n) is 4.68. The summed E-state index contributed by atoms with van der Waals surface area (Å²) in [6, 6.07) is 6.47. The van der Waals surface area contributed by atoms with Crippen LogP contribution in [0.3, 0.4) is 0 Å². The molecule has 2 aliphatic carbocycles. The van der Waals surface area contributed by atoms with Crippen LogP contribution in [0.5, 0.6) is 0 Å².